The number of ether oxygens (including phenoxy) is 1. The fourth-order valence-electron chi connectivity index (χ4n) is 1.47. The van der Waals surface area contributed by atoms with Crippen molar-refractivity contribution in [1.29, 1.82) is 0 Å². The van der Waals surface area contributed by atoms with E-state index in [4.69, 9.17) is 22.1 Å². The van der Waals surface area contributed by atoms with Crippen molar-refractivity contribution in [2.24, 2.45) is 5.73 Å². The van der Waals surface area contributed by atoms with Gasteiger partial charge < -0.3 is 10.5 Å². The molecule has 2 nitrogen and oxygen atoms in total. The van der Waals surface area contributed by atoms with Crippen LogP contribution < -0.4 is 5.73 Å². The van der Waals surface area contributed by atoms with Crippen molar-refractivity contribution < 1.29 is 4.74 Å². The highest BCUT2D eigenvalue weighted by molar-refractivity contribution is 8.00. The molecule has 2 N–H and O–H groups in total. The van der Waals surface area contributed by atoms with E-state index in [1.807, 2.05) is 36.0 Å². The number of hydrogen-bond donors (Lipinski definition) is 1. The molecule has 2 rings (SSSR count). The van der Waals surface area contributed by atoms with Crippen LogP contribution >= 0.6 is 23.4 Å². The third-order valence-electron chi connectivity index (χ3n) is 2.42. The Morgan fingerprint density at radius 3 is 2.53 bits per heavy atom. The molecule has 1 heterocycles. The Labute approximate surface area is 99.1 Å². The Morgan fingerprint density at radius 2 is 2.07 bits per heavy atom. The van der Waals surface area contributed by atoms with Crippen molar-refractivity contribution >= 4 is 23.4 Å². The van der Waals surface area contributed by atoms with Crippen LogP contribution in [0, 0.1) is 0 Å². The molecule has 1 unspecified atom stereocenters. The largest absolute Gasteiger partial charge is 0.379 e. The second kappa shape index (κ2) is 5.21. The summed E-state index contributed by atoms with van der Waals surface area (Å²) in [7, 11) is 0. The summed E-state index contributed by atoms with van der Waals surface area (Å²) in [6.45, 7) is 2.37. The summed E-state index contributed by atoms with van der Waals surface area (Å²) >= 11 is 7.74. The molecule has 0 bridgehead atoms. The molecule has 1 aromatic rings. The van der Waals surface area contributed by atoms with E-state index in [2.05, 4.69) is 0 Å². The minimum Gasteiger partial charge on any atom is -0.379 e. The Kier molecular flexibility index (Phi) is 3.92. The summed E-state index contributed by atoms with van der Waals surface area (Å²) in [5, 5.41) is 1.73. The molecule has 0 amide bonds. The van der Waals surface area contributed by atoms with Gasteiger partial charge in [-0.1, -0.05) is 23.7 Å². The number of halogens is 1. The molecule has 1 atom stereocenters. The van der Waals surface area contributed by atoms with Crippen molar-refractivity contribution in [1.82, 2.24) is 0 Å². The van der Waals surface area contributed by atoms with Gasteiger partial charge in [0.05, 0.1) is 18.5 Å². The number of hydrogen-bond acceptors (Lipinski definition) is 3. The molecule has 4 heteroatoms. The van der Waals surface area contributed by atoms with E-state index in [1.165, 1.54) is 5.56 Å². The van der Waals surface area contributed by atoms with Gasteiger partial charge in [0.25, 0.3) is 0 Å². The van der Waals surface area contributed by atoms with Gasteiger partial charge in [-0.2, -0.15) is 0 Å². The van der Waals surface area contributed by atoms with Crippen LogP contribution in [0.2, 0.25) is 5.02 Å². The summed E-state index contributed by atoms with van der Waals surface area (Å²) in [6, 6.07) is 7.92. The Hall–Kier alpha value is -0.220. The number of rotatable bonds is 4. The smallest absolute Gasteiger partial charge is 0.0608 e. The lowest BCUT2D eigenvalue weighted by molar-refractivity contribution is 0.0453. The second-order valence-corrected chi connectivity index (χ2v) is 5.52. The van der Waals surface area contributed by atoms with Crippen LogP contribution in [-0.2, 0) is 4.74 Å². The predicted molar refractivity (Wildman–Crippen MR) is 65.4 cm³/mol. The number of nitrogens with two attached hydrogens (primary N) is 1. The molecule has 1 fully saturated rings. The molecular formula is C11H14ClNOS. The molecular weight excluding hydrogens is 230 g/mol. The zero-order valence-corrected chi connectivity index (χ0v) is 9.93. The van der Waals surface area contributed by atoms with Gasteiger partial charge in [-0.3, -0.25) is 0 Å². The first kappa shape index (κ1) is 11.3. The van der Waals surface area contributed by atoms with Crippen LogP contribution in [-0.4, -0.2) is 25.0 Å². The van der Waals surface area contributed by atoms with E-state index in [0.717, 1.165) is 18.2 Å². The average Bonchev–Trinajstić information content (AvgIpc) is 2.19. The van der Waals surface area contributed by atoms with Gasteiger partial charge in [0, 0.05) is 16.8 Å². The van der Waals surface area contributed by atoms with Crippen molar-refractivity contribution in [2.75, 3.05) is 19.8 Å². The minimum absolute atomic E-state index is 0.358. The Bertz CT molecular complexity index is 313. The lowest BCUT2D eigenvalue weighted by Gasteiger charge is -2.29. The van der Waals surface area contributed by atoms with Gasteiger partial charge >= 0.3 is 0 Å². The third-order valence-corrected chi connectivity index (χ3v) is 4.12. The van der Waals surface area contributed by atoms with Gasteiger partial charge in [-0.05, 0) is 17.7 Å². The van der Waals surface area contributed by atoms with Crippen molar-refractivity contribution in [3.05, 3.63) is 34.9 Å². The molecule has 0 aliphatic carbocycles. The molecule has 1 aromatic carbocycles. The summed E-state index contributed by atoms with van der Waals surface area (Å²) in [5.41, 5.74) is 7.02. The fraction of sp³-hybridized carbons (Fsp3) is 0.455. The van der Waals surface area contributed by atoms with Crippen LogP contribution in [0.25, 0.3) is 0 Å². The average molecular weight is 244 g/mol. The lowest BCUT2D eigenvalue weighted by atomic mass is 10.1. The van der Waals surface area contributed by atoms with Gasteiger partial charge in [0.1, 0.15) is 0 Å². The highest BCUT2D eigenvalue weighted by Gasteiger charge is 2.23. The van der Waals surface area contributed by atoms with Crippen LogP contribution in [0.4, 0.5) is 0 Å². The third kappa shape index (κ3) is 2.88. The lowest BCUT2D eigenvalue weighted by Crippen LogP contribution is -2.32. The monoisotopic (exact) mass is 243 g/mol. The van der Waals surface area contributed by atoms with Crippen molar-refractivity contribution in [3.8, 4) is 0 Å². The van der Waals surface area contributed by atoms with Crippen LogP contribution in [0.15, 0.2) is 24.3 Å². The molecule has 82 valence electrons. The first-order valence-electron chi connectivity index (χ1n) is 4.98. The van der Waals surface area contributed by atoms with E-state index >= 15 is 0 Å². The minimum atomic E-state index is 0.358. The second-order valence-electron chi connectivity index (χ2n) is 3.57. The quantitative estimate of drug-likeness (QED) is 0.883. The summed E-state index contributed by atoms with van der Waals surface area (Å²) in [4.78, 5) is 0. The van der Waals surface area contributed by atoms with Gasteiger partial charge in [0.2, 0.25) is 0 Å². The fourth-order valence-corrected chi connectivity index (χ4v) is 2.84. The van der Waals surface area contributed by atoms with Crippen LogP contribution in [0.1, 0.15) is 10.8 Å². The molecule has 0 aromatic heterocycles. The van der Waals surface area contributed by atoms with E-state index in [9.17, 15) is 0 Å². The molecule has 1 saturated heterocycles. The summed E-state index contributed by atoms with van der Waals surface area (Å²) in [6.07, 6.45) is 0. The molecule has 1 aliphatic heterocycles. The summed E-state index contributed by atoms with van der Waals surface area (Å²) in [5.74, 6) is 0. The van der Waals surface area contributed by atoms with Gasteiger partial charge in [-0.25, -0.2) is 0 Å². The maximum absolute atomic E-state index is 5.85. The van der Waals surface area contributed by atoms with Gasteiger partial charge in [0.15, 0.2) is 0 Å². The molecule has 0 radical (unpaired) electrons. The van der Waals surface area contributed by atoms with Gasteiger partial charge in [-0.15, -0.1) is 11.8 Å². The maximum atomic E-state index is 5.85. The van der Waals surface area contributed by atoms with E-state index in [-0.39, 0.29) is 0 Å². The maximum Gasteiger partial charge on any atom is 0.0608 e. The zero-order valence-electron chi connectivity index (χ0n) is 8.36. The molecule has 0 saturated carbocycles. The summed E-state index contributed by atoms with van der Waals surface area (Å²) < 4.78 is 5.15. The molecule has 15 heavy (non-hydrogen) atoms. The standard InChI is InChI=1S/C11H14ClNOS/c12-9-3-1-8(2-4-9)11(5-13)15-10-6-14-7-10/h1-4,10-11H,5-7,13H2. The van der Waals surface area contributed by atoms with E-state index < -0.39 is 0 Å². The predicted octanol–water partition coefficient (Wildman–Crippen LogP) is 2.47. The Morgan fingerprint density at radius 1 is 1.40 bits per heavy atom. The number of benzene rings is 1. The first-order valence-corrected chi connectivity index (χ1v) is 6.30. The van der Waals surface area contributed by atoms with Crippen LogP contribution in [0.3, 0.4) is 0 Å². The number of thioether (sulfide) groups is 1. The molecule has 1 aliphatic rings. The van der Waals surface area contributed by atoms with Crippen molar-refractivity contribution in [2.45, 2.75) is 10.5 Å². The van der Waals surface area contributed by atoms with E-state index in [1.54, 1.807) is 0 Å². The van der Waals surface area contributed by atoms with Crippen LogP contribution in [0.5, 0.6) is 0 Å². The van der Waals surface area contributed by atoms with E-state index in [0.29, 0.717) is 17.0 Å². The highest BCUT2D eigenvalue weighted by Crippen LogP contribution is 2.34. The first-order chi connectivity index (χ1) is 7.29. The zero-order chi connectivity index (χ0) is 10.7. The normalized spacial score (nSPS) is 18.5. The SMILES string of the molecule is NCC(SC1COC1)c1ccc(Cl)cc1. The van der Waals surface area contributed by atoms with Crippen molar-refractivity contribution in [3.63, 3.8) is 0 Å². The molecule has 0 spiro atoms. The Balaban J connectivity index is 2.01. The highest BCUT2D eigenvalue weighted by atomic mass is 35.5. The topological polar surface area (TPSA) is 35.2 Å².